The van der Waals surface area contributed by atoms with Gasteiger partial charge in [0.2, 0.25) is 0 Å². The van der Waals surface area contributed by atoms with E-state index in [0.717, 1.165) is 23.1 Å². The van der Waals surface area contributed by atoms with E-state index in [9.17, 15) is 5.11 Å². The first-order chi connectivity index (χ1) is 13.3. The number of benzene rings is 3. The SMILES string of the molecule is CC.CCC(O)CNC(c1ccccc1)(c1ccccc1)c1ccccc1. The number of nitrogens with one attached hydrogen (secondary N) is 1. The molecule has 0 spiro atoms. The third kappa shape index (κ3) is 4.85. The Hall–Kier alpha value is -2.42. The maximum atomic E-state index is 10.2. The molecule has 3 aromatic carbocycles. The van der Waals surface area contributed by atoms with Crippen LogP contribution in [0.15, 0.2) is 91.0 Å². The van der Waals surface area contributed by atoms with Crippen LogP contribution < -0.4 is 5.32 Å². The van der Waals surface area contributed by atoms with E-state index in [-0.39, 0.29) is 6.10 Å². The van der Waals surface area contributed by atoms with Gasteiger partial charge in [0, 0.05) is 6.54 Å². The van der Waals surface area contributed by atoms with Gasteiger partial charge in [0.05, 0.1) is 11.6 Å². The van der Waals surface area contributed by atoms with Crippen LogP contribution >= 0.6 is 0 Å². The topological polar surface area (TPSA) is 32.3 Å². The molecule has 1 unspecified atom stereocenters. The normalized spacial score (nSPS) is 12.0. The summed E-state index contributed by atoms with van der Waals surface area (Å²) in [6, 6.07) is 31.3. The summed E-state index contributed by atoms with van der Waals surface area (Å²) >= 11 is 0. The van der Waals surface area contributed by atoms with Crippen molar-refractivity contribution in [3.05, 3.63) is 108 Å². The molecule has 0 saturated heterocycles. The average Bonchev–Trinajstić information content (AvgIpc) is 2.77. The Labute approximate surface area is 163 Å². The highest BCUT2D eigenvalue weighted by Crippen LogP contribution is 2.36. The highest BCUT2D eigenvalue weighted by atomic mass is 16.3. The molecule has 3 aromatic rings. The van der Waals surface area contributed by atoms with Crippen LogP contribution in [0.4, 0.5) is 0 Å². The zero-order valence-electron chi connectivity index (χ0n) is 16.6. The Balaban J connectivity index is 0.00000126. The molecule has 0 aliphatic carbocycles. The van der Waals surface area contributed by atoms with Crippen LogP contribution in [0, 0.1) is 0 Å². The predicted octanol–water partition coefficient (Wildman–Crippen LogP) is 5.37. The van der Waals surface area contributed by atoms with Gasteiger partial charge in [-0.05, 0) is 23.1 Å². The summed E-state index contributed by atoms with van der Waals surface area (Å²) in [6.45, 7) is 6.52. The van der Waals surface area contributed by atoms with E-state index in [4.69, 9.17) is 0 Å². The molecule has 0 aliphatic rings. The second-order valence-corrected chi connectivity index (χ2v) is 6.29. The molecule has 0 bridgehead atoms. The van der Waals surface area contributed by atoms with Crippen molar-refractivity contribution in [1.29, 1.82) is 0 Å². The van der Waals surface area contributed by atoms with Crippen LogP contribution in [0.2, 0.25) is 0 Å². The summed E-state index contributed by atoms with van der Waals surface area (Å²) in [7, 11) is 0. The van der Waals surface area contributed by atoms with E-state index in [1.165, 1.54) is 0 Å². The lowest BCUT2D eigenvalue weighted by atomic mass is 9.77. The van der Waals surface area contributed by atoms with Crippen molar-refractivity contribution in [1.82, 2.24) is 5.32 Å². The van der Waals surface area contributed by atoms with Gasteiger partial charge in [-0.25, -0.2) is 0 Å². The van der Waals surface area contributed by atoms with Crippen LogP contribution in [0.3, 0.4) is 0 Å². The second kappa shape index (κ2) is 10.7. The zero-order chi connectivity index (χ0) is 19.5. The molecule has 2 N–H and O–H groups in total. The van der Waals surface area contributed by atoms with Crippen LogP contribution in [0.5, 0.6) is 0 Å². The molecular weight excluding hydrogens is 330 g/mol. The van der Waals surface area contributed by atoms with Gasteiger partial charge in [0.1, 0.15) is 0 Å². The first-order valence-electron chi connectivity index (χ1n) is 9.87. The lowest BCUT2D eigenvalue weighted by molar-refractivity contribution is 0.159. The van der Waals surface area contributed by atoms with Crippen LogP contribution in [0.1, 0.15) is 43.9 Å². The summed E-state index contributed by atoms with van der Waals surface area (Å²) < 4.78 is 0. The van der Waals surface area contributed by atoms with E-state index in [2.05, 4.69) is 78.1 Å². The molecule has 2 heteroatoms. The number of hydrogen-bond donors (Lipinski definition) is 2. The van der Waals surface area contributed by atoms with Crippen molar-refractivity contribution in [2.24, 2.45) is 0 Å². The minimum atomic E-state index is -0.500. The molecule has 142 valence electrons. The van der Waals surface area contributed by atoms with Crippen LogP contribution in [-0.4, -0.2) is 17.8 Å². The van der Waals surface area contributed by atoms with Gasteiger partial charge in [0.25, 0.3) is 0 Å². The molecule has 2 nitrogen and oxygen atoms in total. The van der Waals surface area contributed by atoms with Crippen LogP contribution in [-0.2, 0) is 5.54 Å². The fourth-order valence-electron chi connectivity index (χ4n) is 3.29. The van der Waals surface area contributed by atoms with E-state index in [1.54, 1.807) is 0 Å². The number of rotatable bonds is 7. The zero-order valence-corrected chi connectivity index (χ0v) is 16.6. The Morgan fingerprint density at radius 2 is 1.04 bits per heavy atom. The number of aliphatic hydroxyl groups is 1. The predicted molar refractivity (Wildman–Crippen MR) is 115 cm³/mol. The Morgan fingerprint density at radius 3 is 1.33 bits per heavy atom. The molecule has 0 heterocycles. The van der Waals surface area contributed by atoms with Gasteiger partial charge in [-0.15, -0.1) is 0 Å². The summed E-state index contributed by atoms with van der Waals surface area (Å²) in [6.07, 6.45) is 0.345. The lowest BCUT2D eigenvalue weighted by Crippen LogP contribution is -2.47. The molecule has 0 aliphatic heterocycles. The Bertz CT molecular complexity index is 659. The van der Waals surface area contributed by atoms with Crippen molar-refractivity contribution in [3.8, 4) is 0 Å². The van der Waals surface area contributed by atoms with Crippen molar-refractivity contribution in [2.45, 2.75) is 38.8 Å². The highest BCUT2D eigenvalue weighted by Gasteiger charge is 2.35. The first kappa shape index (κ1) is 20.9. The molecule has 0 saturated carbocycles. The third-order valence-corrected chi connectivity index (χ3v) is 4.69. The van der Waals surface area contributed by atoms with Crippen molar-refractivity contribution in [3.63, 3.8) is 0 Å². The monoisotopic (exact) mass is 361 g/mol. The fourth-order valence-corrected chi connectivity index (χ4v) is 3.29. The van der Waals surface area contributed by atoms with Gasteiger partial charge >= 0.3 is 0 Å². The van der Waals surface area contributed by atoms with E-state index < -0.39 is 5.54 Å². The number of hydrogen-bond acceptors (Lipinski definition) is 2. The molecule has 1 atom stereocenters. The van der Waals surface area contributed by atoms with Crippen LogP contribution in [0.25, 0.3) is 0 Å². The van der Waals surface area contributed by atoms with Gasteiger partial charge in [-0.3, -0.25) is 5.32 Å². The summed E-state index contributed by atoms with van der Waals surface area (Å²) in [4.78, 5) is 0. The molecule has 27 heavy (non-hydrogen) atoms. The Morgan fingerprint density at radius 1 is 0.704 bits per heavy atom. The molecular formula is C25H31NO. The van der Waals surface area contributed by atoms with Crippen molar-refractivity contribution in [2.75, 3.05) is 6.54 Å². The third-order valence-electron chi connectivity index (χ3n) is 4.69. The minimum Gasteiger partial charge on any atom is -0.392 e. The van der Waals surface area contributed by atoms with Gasteiger partial charge in [-0.1, -0.05) is 112 Å². The molecule has 0 radical (unpaired) electrons. The van der Waals surface area contributed by atoms with Gasteiger partial charge in [0.15, 0.2) is 0 Å². The van der Waals surface area contributed by atoms with Gasteiger partial charge < -0.3 is 5.11 Å². The molecule has 0 amide bonds. The summed E-state index contributed by atoms with van der Waals surface area (Å²) in [5.41, 5.74) is 2.99. The van der Waals surface area contributed by atoms with Crippen molar-refractivity contribution >= 4 is 0 Å². The molecule has 0 aromatic heterocycles. The minimum absolute atomic E-state index is 0.379. The molecule has 3 rings (SSSR count). The largest absolute Gasteiger partial charge is 0.392 e. The molecule has 0 fully saturated rings. The average molecular weight is 362 g/mol. The highest BCUT2D eigenvalue weighted by molar-refractivity contribution is 5.49. The summed E-state index contributed by atoms with van der Waals surface area (Å²) in [5, 5.41) is 13.9. The smallest absolute Gasteiger partial charge is 0.0948 e. The lowest BCUT2D eigenvalue weighted by Gasteiger charge is -2.37. The first-order valence-corrected chi connectivity index (χ1v) is 9.87. The summed E-state index contributed by atoms with van der Waals surface area (Å²) in [5.74, 6) is 0. The maximum absolute atomic E-state index is 10.2. The van der Waals surface area contributed by atoms with Gasteiger partial charge in [-0.2, -0.15) is 0 Å². The fraction of sp³-hybridized carbons (Fsp3) is 0.280. The second-order valence-electron chi connectivity index (χ2n) is 6.29. The van der Waals surface area contributed by atoms with E-state index in [0.29, 0.717) is 6.54 Å². The van der Waals surface area contributed by atoms with E-state index >= 15 is 0 Å². The number of aliphatic hydroxyl groups excluding tert-OH is 1. The maximum Gasteiger partial charge on any atom is 0.0948 e. The quantitative estimate of drug-likeness (QED) is 0.555. The van der Waals surface area contributed by atoms with E-state index in [1.807, 2.05) is 39.0 Å². The standard InChI is InChI=1S/C23H25NO.C2H6/c1-2-22(25)18-24-23(19-12-6-3-7-13-19,20-14-8-4-9-15-20)21-16-10-5-11-17-21;1-2/h3-17,22,24-25H,2,18H2,1H3;1-2H3. The van der Waals surface area contributed by atoms with Crippen molar-refractivity contribution < 1.29 is 5.11 Å². The Kier molecular flexibility index (Phi) is 8.25.